The van der Waals surface area contributed by atoms with Gasteiger partial charge in [-0.05, 0) is 45.7 Å². The highest BCUT2D eigenvalue weighted by Crippen LogP contribution is 2.36. The number of hydrogen-bond donors (Lipinski definition) is 0. The van der Waals surface area contributed by atoms with Crippen LogP contribution in [-0.4, -0.2) is 42.6 Å². The first-order chi connectivity index (χ1) is 13.7. The number of carbonyl (C=O) groups is 1. The number of nitrogens with zero attached hydrogens (tertiary/aromatic N) is 1. The Bertz CT molecular complexity index is 815. The number of aryl methyl sites for hydroxylation is 1. The first kappa shape index (κ1) is 21.6. The fourth-order valence-electron chi connectivity index (χ4n) is 3.20. The lowest BCUT2D eigenvalue weighted by Gasteiger charge is -2.32. The molecule has 0 atom stereocenters. The molecular formula is C22H30BNO5. The molecule has 3 rings (SSSR count). The van der Waals surface area contributed by atoms with Gasteiger partial charge < -0.3 is 23.3 Å². The predicted molar refractivity (Wildman–Crippen MR) is 112 cm³/mol. The van der Waals surface area contributed by atoms with Crippen molar-refractivity contribution in [2.45, 2.75) is 58.5 Å². The van der Waals surface area contributed by atoms with Crippen molar-refractivity contribution in [1.82, 2.24) is 4.57 Å². The summed E-state index contributed by atoms with van der Waals surface area (Å²) in [6.45, 7) is 9.85. The maximum absolute atomic E-state index is 12.2. The van der Waals surface area contributed by atoms with Gasteiger partial charge in [-0.3, -0.25) is 0 Å². The number of benzene rings is 1. The molecule has 1 aromatic carbocycles. The molecule has 6 nitrogen and oxygen atoms in total. The largest absolute Gasteiger partial charge is 0.496 e. The van der Waals surface area contributed by atoms with Gasteiger partial charge in [0.1, 0.15) is 5.69 Å². The molecule has 1 saturated heterocycles. The Morgan fingerprint density at radius 2 is 1.76 bits per heavy atom. The summed E-state index contributed by atoms with van der Waals surface area (Å²) < 4.78 is 24.8. The molecule has 2 aromatic rings. The smallest absolute Gasteiger partial charge is 0.464 e. The Kier molecular flexibility index (Phi) is 6.51. The zero-order valence-electron chi connectivity index (χ0n) is 17.9. The van der Waals surface area contributed by atoms with E-state index in [1.54, 1.807) is 6.07 Å². The van der Waals surface area contributed by atoms with E-state index in [4.69, 9.17) is 18.8 Å². The summed E-state index contributed by atoms with van der Waals surface area (Å²) in [7, 11) is 0.871. The van der Waals surface area contributed by atoms with Crippen LogP contribution in [0.5, 0.6) is 0 Å². The maximum Gasteiger partial charge on any atom is 0.496 e. The van der Waals surface area contributed by atoms with Crippen LogP contribution in [0.15, 0.2) is 42.6 Å². The van der Waals surface area contributed by atoms with Crippen LogP contribution in [0, 0.1) is 0 Å². The zero-order chi connectivity index (χ0) is 21.1. The molecule has 0 spiro atoms. The summed E-state index contributed by atoms with van der Waals surface area (Å²) in [5.41, 5.74) is 1.58. The molecule has 2 heterocycles. The van der Waals surface area contributed by atoms with E-state index in [0.717, 1.165) is 17.4 Å². The van der Waals surface area contributed by atoms with E-state index < -0.39 is 18.3 Å². The lowest BCUT2D eigenvalue weighted by atomic mass is 9.81. The highest BCUT2D eigenvalue weighted by Gasteiger charge is 2.52. The third-order valence-corrected chi connectivity index (χ3v) is 5.64. The Balaban J connectivity index is 1.63. The van der Waals surface area contributed by atoms with E-state index in [2.05, 4.69) is 0 Å². The number of carbonyl (C=O) groups excluding carboxylic acids is 1. The van der Waals surface area contributed by atoms with Crippen LogP contribution < -0.4 is 5.46 Å². The standard InChI is InChI=1S/C22H30BNO5/c1-21(2)22(3,4)29-23(28-21)18-14-19(20(25)26-5)24(15-18)12-9-13-27-16-17-10-7-6-8-11-17/h6-8,10-11,14-15H,9,12-13,16H2,1-5H3. The molecule has 0 radical (unpaired) electrons. The summed E-state index contributed by atoms with van der Waals surface area (Å²) in [5, 5.41) is 0. The van der Waals surface area contributed by atoms with Gasteiger partial charge in [-0.1, -0.05) is 30.3 Å². The van der Waals surface area contributed by atoms with Crippen molar-refractivity contribution in [3.63, 3.8) is 0 Å². The first-order valence-electron chi connectivity index (χ1n) is 9.99. The topological polar surface area (TPSA) is 58.9 Å². The van der Waals surface area contributed by atoms with Gasteiger partial charge in [0.2, 0.25) is 0 Å². The van der Waals surface area contributed by atoms with Crippen molar-refractivity contribution < 1.29 is 23.6 Å². The first-order valence-corrected chi connectivity index (χ1v) is 9.99. The molecular weight excluding hydrogens is 369 g/mol. The third-order valence-electron chi connectivity index (χ3n) is 5.64. The van der Waals surface area contributed by atoms with Crippen molar-refractivity contribution in [2.75, 3.05) is 13.7 Å². The molecule has 156 valence electrons. The second-order valence-corrected chi connectivity index (χ2v) is 8.32. The summed E-state index contributed by atoms with van der Waals surface area (Å²) in [6, 6.07) is 11.9. The molecule has 1 aliphatic rings. The van der Waals surface area contributed by atoms with Crippen LogP contribution in [0.3, 0.4) is 0 Å². The van der Waals surface area contributed by atoms with Crippen molar-refractivity contribution >= 4 is 18.6 Å². The number of ether oxygens (including phenoxy) is 2. The van der Waals surface area contributed by atoms with Gasteiger partial charge >= 0.3 is 13.1 Å². The van der Waals surface area contributed by atoms with Crippen LogP contribution in [0.1, 0.15) is 50.2 Å². The molecule has 0 aliphatic carbocycles. The number of hydrogen-bond acceptors (Lipinski definition) is 5. The molecule has 1 fully saturated rings. The average molecular weight is 399 g/mol. The van der Waals surface area contributed by atoms with Gasteiger partial charge in [-0.15, -0.1) is 0 Å². The fourth-order valence-corrected chi connectivity index (χ4v) is 3.20. The van der Waals surface area contributed by atoms with E-state index in [-0.39, 0.29) is 5.97 Å². The third kappa shape index (κ3) is 4.91. The zero-order valence-corrected chi connectivity index (χ0v) is 17.9. The molecule has 1 aliphatic heterocycles. The number of methoxy groups -OCH3 is 1. The van der Waals surface area contributed by atoms with Crippen LogP contribution in [0.2, 0.25) is 0 Å². The lowest BCUT2D eigenvalue weighted by molar-refractivity contribution is 0.00578. The quantitative estimate of drug-likeness (QED) is 0.388. The van der Waals surface area contributed by atoms with Gasteiger partial charge in [0.15, 0.2) is 0 Å². The van der Waals surface area contributed by atoms with Gasteiger partial charge in [-0.2, -0.15) is 0 Å². The Morgan fingerprint density at radius 1 is 1.10 bits per heavy atom. The van der Waals surface area contributed by atoms with E-state index in [0.29, 0.717) is 25.5 Å². The Hall–Kier alpha value is -2.09. The van der Waals surface area contributed by atoms with Crippen LogP contribution in [-0.2, 0) is 31.9 Å². The lowest BCUT2D eigenvalue weighted by Crippen LogP contribution is -2.41. The van der Waals surface area contributed by atoms with E-state index in [1.165, 1.54) is 7.11 Å². The fraction of sp³-hybridized carbons (Fsp3) is 0.500. The van der Waals surface area contributed by atoms with Gasteiger partial charge in [0, 0.05) is 24.8 Å². The predicted octanol–water partition coefficient (Wildman–Crippen LogP) is 3.18. The van der Waals surface area contributed by atoms with Crippen LogP contribution >= 0.6 is 0 Å². The Labute approximate surface area is 173 Å². The maximum atomic E-state index is 12.2. The number of rotatable bonds is 8. The van der Waals surface area contributed by atoms with E-state index in [9.17, 15) is 4.79 Å². The molecule has 0 N–H and O–H groups in total. The van der Waals surface area contributed by atoms with Crippen LogP contribution in [0.25, 0.3) is 0 Å². The van der Waals surface area contributed by atoms with Crippen molar-refractivity contribution in [1.29, 1.82) is 0 Å². The summed E-state index contributed by atoms with van der Waals surface area (Å²) in [6.07, 6.45) is 2.68. The van der Waals surface area contributed by atoms with Crippen molar-refractivity contribution in [3.05, 3.63) is 53.9 Å². The van der Waals surface area contributed by atoms with Gasteiger partial charge in [0.05, 0.1) is 24.9 Å². The normalized spacial score (nSPS) is 17.5. The van der Waals surface area contributed by atoms with Crippen molar-refractivity contribution in [3.8, 4) is 0 Å². The highest BCUT2D eigenvalue weighted by atomic mass is 16.7. The summed E-state index contributed by atoms with van der Waals surface area (Å²) in [4.78, 5) is 12.2. The van der Waals surface area contributed by atoms with Gasteiger partial charge in [-0.25, -0.2) is 4.79 Å². The molecule has 0 amide bonds. The molecule has 0 bridgehead atoms. The molecule has 1 aromatic heterocycles. The second-order valence-electron chi connectivity index (χ2n) is 8.32. The Morgan fingerprint density at radius 3 is 2.38 bits per heavy atom. The van der Waals surface area contributed by atoms with Crippen LogP contribution in [0.4, 0.5) is 0 Å². The second kappa shape index (κ2) is 8.73. The minimum atomic E-state index is -0.515. The average Bonchev–Trinajstić information content (AvgIpc) is 3.20. The monoisotopic (exact) mass is 399 g/mol. The van der Waals surface area contributed by atoms with Crippen molar-refractivity contribution in [2.24, 2.45) is 0 Å². The van der Waals surface area contributed by atoms with Gasteiger partial charge in [0.25, 0.3) is 0 Å². The number of esters is 1. The van der Waals surface area contributed by atoms with E-state index >= 15 is 0 Å². The summed E-state index contributed by atoms with van der Waals surface area (Å²) in [5.74, 6) is -0.377. The minimum Gasteiger partial charge on any atom is -0.464 e. The SMILES string of the molecule is COC(=O)c1cc(B2OC(C)(C)C(C)(C)O2)cn1CCCOCc1ccccc1. The number of aromatic nitrogens is 1. The summed E-state index contributed by atoms with van der Waals surface area (Å²) >= 11 is 0. The molecule has 0 saturated carbocycles. The molecule has 29 heavy (non-hydrogen) atoms. The molecule has 7 heteroatoms. The molecule has 0 unspecified atom stereocenters. The van der Waals surface area contributed by atoms with E-state index in [1.807, 2.05) is 68.8 Å². The highest BCUT2D eigenvalue weighted by molar-refractivity contribution is 6.62. The minimum absolute atomic E-state index is 0.377.